The molecule has 1 aliphatic carbocycles. The molecular weight excluding hydrogens is 828 g/mol. The number of para-hydroxylation sites is 2. The minimum atomic E-state index is 0.0632. The third kappa shape index (κ3) is 6.34. The highest BCUT2D eigenvalue weighted by molar-refractivity contribution is 6.74. The number of oxazole rings is 1. The van der Waals surface area contributed by atoms with Crippen LogP contribution < -0.4 is 21.1 Å². The summed E-state index contributed by atoms with van der Waals surface area (Å²) in [6, 6.07) is 65.8. The number of rotatable bonds is 7. The van der Waals surface area contributed by atoms with Gasteiger partial charge in [-0.1, -0.05) is 136 Å². The smallest absolute Gasteiger partial charge is 0.227 e. The van der Waals surface area contributed by atoms with E-state index in [0.29, 0.717) is 5.89 Å². The lowest BCUT2D eigenvalue weighted by molar-refractivity contribution is 0.332. The first-order chi connectivity index (χ1) is 33.1. The van der Waals surface area contributed by atoms with Crippen LogP contribution >= 0.6 is 0 Å². The molecule has 327 valence electrons. The number of nitrogens with one attached hydrogen (secondary N) is 1. The standard InChI is InChI=1S/C62H50BN4O/c1-38-33-47(58-59-56(38)57-45-24-16-15-17-39(45)25-30-53(57)67(59)54-37-52-55(36-50(54)63-58)68-60(65-52)40-18-9-6-10-19-40)46-28-27-44(66(42-20-11-7-12-21-42)43-22-13-8-14-23-43)35-51(46)64-41-26-29-48-49(34-41)62(4,5)32-31-61(48,2)3/h6-30,33-37,64H,31-32H2,1-5H3. The van der Waals surface area contributed by atoms with E-state index in [1.807, 2.05) is 18.2 Å². The van der Waals surface area contributed by atoms with Crippen molar-refractivity contribution in [2.45, 2.75) is 58.3 Å². The van der Waals surface area contributed by atoms with E-state index in [1.54, 1.807) is 0 Å². The van der Waals surface area contributed by atoms with Gasteiger partial charge in [0.25, 0.3) is 0 Å². The average Bonchev–Trinajstić information content (AvgIpc) is 3.95. The van der Waals surface area contributed by atoms with Crippen LogP contribution in [0.15, 0.2) is 186 Å². The van der Waals surface area contributed by atoms with Gasteiger partial charge in [0.1, 0.15) is 5.52 Å². The lowest BCUT2D eigenvalue weighted by atomic mass is 9.58. The predicted molar refractivity (Wildman–Crippen MR) is 286 cm³/mol. The van der Waals surface area contributed by atoms with Gasteiger partial charge in [-0.15, -0.1) is 0 Å². The molecule has 2 aliphatic rings. The molecule has 0 saturated heterocycles. The number of anilines is 5. The van der Waals surface area contributed by atoms with Crippen LogP contribution in [0.2, 0.25) is 0 Å². The number of aromatic nitrogens is 2. The van der Waals surface area contributed by atoms with E-state index in [4.69, 9.17) is 9.40 Å². The monoisotopic (exact) mass is 877 g/mol. The Kier molecular flexibility index (Phi) is 8.98. The second-order valence-corrected chi connectivity index (χ2v) is 20.2. The SMILES string of the molecule is Cc1cc(-c2ccc(N(c3ccccc3)c3ccccc3)cc2Nc2ccc3c(c2)C(C)(C)CCC3(C)C)c2c3c1c1c4ccccc4ccc1n3-c1cc3nc(-c4ccccc4)oc3cc1[B]2. The minimum absolute atomic E-state index is 0.0632. The lowest BCUT2D eigenvalue weighted by Gasteiger charge is -2.42. The maximum absolute atomic E-state index is 6.55. The summed E-state index contributed by atoms with van der Waals surface area (Å²) in [6.45, 7) is 11.9. The van der Waals surface area contributed by atoms with Crippen LogP contribution in [0.3, 0.4) is 0 Å². The van der Waals surface area contributed by atoms with Crippen LogP contribution in [-0.4, -0.2) is 16.8 Å². The van der Waals surface area contributed by atoms with Crippen molar-refractivity contribution in [2.24, 2.45) is 0 Å². The van der Waals surface area contributed by atoms with Gasteiger partial charge in [0.05, 0.1) is 5.52 Å². The largest absolute Gasteiger partial charge is 0.436 e. The van der Waals surface area contributed by atoms with Crippen molar-refractivity contribution < 1.29 is 4.42 Å². The number of hydrogen-bond donors (Lipinski definition) is 1. The molecule has 0 bridgehead atoms. The lowest BCUT2D eigenvalue weighted by Crippen LogP contribution is -2.37. The van der Waals surface area contributed by atoms with Crippen molar-refractivity contribution in [2.75, 3.05) is 10.2 Å². The van der Waals surface area contributed by atoms with Crippen LogP contribution in [-0.2, 0) is 10.8 Å². The average molecular weight is 878 g/mol. The van der Waals surface area contributed by atoms with Gasteiger partial charge in [-0.25, -0.2) is 4.98 Å². The molecule has 5 nitrogen and oxygen atoms in total. The number of hydrogen-bond acceptors (Lipinski definition) is 4. The Hall–Kier alpha value is -7.83. The molecule has 68 heavy (non-hydrogen) atoms. The third-order valence-corrected chi connectivity index (χ3v) is 15.0. The zero-order chi connectivity index (χ0) is 45.9. The van der Waals surface area contributed by atoms with Crippen LogP contribution in [0, 0.1) is 6.92 Å². The molecule has 1 N–H and O–H groups in total. The van der Waals surface area contributed by atoms with Crippen molar-refractivity contribution in [1.29, 1.82) is 0 Å². The van der Waals surface area contributed by atoms with E-state index < -0.39 is 0 Å². The fourth-order valence-corrected chi connectivity index (χ4v) is 11.4. The Balaban J connectivity index is 1.07. The van der Waals surface area contributed by atoms with E-state index in [-0.39, 0.29) is 10.8 Å². The number of nitrogens with zero attached hydrogens (tertiary/aromatic N) is 3. The highest BCUT2D eigenvalue weighted by Crippen LogP contribution is 2.48. The molecule has 0 unspecified atom stereocenters. The van der Waals surface area contributed by atoms with Gasteiger partial charge in [0, 0.05) is 61.5 Å². The Morgan fingerprint density at radius 1 is 0.618 bits per heavy atom. The minimum Gasteiger partial charge on any atom is -0.436 e. The van der Waals surface area contributed by atoms with Gasteiger partial charge in [-0.2, -0.15) is 0 Å². The van der Waals surface area contributed by atoms with E-state index in [2.05, 4.69) is 220 Å². The van der Waals surface area contributed by atoms with Gasteiger partial charge in [-0.3, -0.25) is 0 Å². The summed E-state index contributed by atoms with van der Waals surface area (Å²) in [5.41, 5.74) is 20.2. The summed E-state index contributed by atoms with van der Waals surface area (Å²) >= 11 is 0. The summed E-state index contributed by atoms with van der Waals surface area (Å²) in [4.78, 5) is 7.41. The van der Waals surface area contributed by atoms with Gasteiger partial charge in [-0.05, 0) is 148 Å². The predicted octanol–water partition coefficient (Wildman–Crippen LogP) is 15.3. The Morgan fingerprint density at radius 3 is 2.06 bits per heavy atom. The first-order valence-corrected chi connectivity index (χ1v) is 23.9. The van der Waals surface area contributed by atoms with Crippen LogP contribution in [0.25, 0.3) is 71.9 Å². The first-order valence-electron chi connectivity index (χ1n) is 23.9. The number of fused-ring (bicyclic) bond motifs is 9. The fourth-order valence-electron chi connectivity index (χ4n) is 11.4. The molecule has 9 aromatic carbocycles. The van der Waals surface area contributed by atoms with Crippen LogP contribution in [0.1, 0.15) is 57.2 Å². The molecule has 0 spiro atoms. The highest BCUT2D eigenvalue weighted by atomic mass is 16.3. The fraction of sp³-hybridized carbons (Fsp3) is 0.145. The Labute approximate surface area is 398 Å². The normalized spacial score (nSPS) is 14.5. The molecule has 0 amide bonds. The molecule has 11 aromatic rings. The maximum Gasteiger partial charge on any atom is 0.227 e. The van der Waals surface area contributed by atoms with Crippen molar-refractivity contribution >= 4 is 90.3 Å². The van der Waals surface area contributed by atoms with Crippen LogP contribution in [0.4, 0.5) is 28.4 Å². The molecule has 1 radical (unpaired) electrons. The van der Waals surface area contributed by atoms with Gasteiger partial charge >= 0.3 is 0 Å². The molecule has 0 atom stereocenters. The topological polar surface area (TPSA) is 46.2 Å². The Morgan fingerprint density at radius 2 is 1.31 bits per heavy atom. The highest BCUT2D eigenvalue weighted by Gasteiger charge is 2.37. The number of aryl methyl sites for hydroxylation is 1. The van der Waals surface area contributed by atoms with Crippen molar-refractivity contribution in [3.63, 3.8) is 0 Å². The zero-order valence-corrected chi connectivity index (χ0v) is 39.1. The first kappa shape index (κ1) is 40.4. The van der Waals surface area contributed by atoms with E-state index in [0.717, 1.165) is 73.8 Å². The molecule has 6 heteroatoms. The number of benzene rings is 9. The summed E-state index contributed by atoms with van der Waals surface area (Å²) in [5.74, 6) is 0.621. The third-order valence-electron chi connectivity index (χ3n) is 15.0. The second-order valence-electron chi connectivity index (χ2n) is 20.2. The summed E-state index contributed by atoms with van der Waals surface area (Å²) in [5, 5.41) is 9.10. The zero-order valence-electron chi connectivity index (χ0n) is 39.1. The van der Waals surface area contributed by atoms with Gasteiger partial charge < -0.3 is 19.2 Å². The van der Waals surface area contributed by atoms with Crippen molar-refractivity contribution in [3.05, 3.63) is 199 Å². The molecular formula is C62H50BN4O. The maximum atomic E-state index is 6.55. The van der Waals surface area contributed by atoms with Crippen molar-refractivity contribution in [1.82, 2.24) is 9.55 Å². The summed E-state index contributed by atoms with van der Waals surface area (Å²) in [6.07, 6.45) is 2.32. The Bertz CT molecular complexity index is 3770. The van der Waals surface area contributed by atoms with E-state index >= 15 is 0 Å². The molecule has 0 fully saturated rings. The van der Waals surface area contributed by atoms with E-state index in [1.165, 1.54) is 61.2 Å². The second kappa shape index (κ2) is 15.1. The molecule has 2 aromatic heterocycles. The molecule has 13 rings (SSSR count). The molecule has 0 saturated carbocycles. The summed E-state index contributed by atoms with van der Waals surface area (Å²) < 4.78 is 9.04. The summed E-state index contributed by atoms with van der Waals surface area (Å²) in [7, 11) is 2.39. The molecule has 1 aliphatic heterocycles. The van der Waals surface area contributed by atoms with Crippen LogP contribution in [0.5, 0.6) is 0 Å². The van der Waals surface area contributed by atoms with Gasteiger partial charge in [0.15, 0.2) is 12.9 Å². The molecule has 3 heterocycles. The van der Waals surface area contributed by atoms with E-state index in [9.17, 15) is 0 Å². The van der Waals surface area contributed by atoms with Crippen molar-refractivity contribution in [3.8, 4) is 28.3 Å². The van der Waals surface area contributed by atoms with Gasteiger partial charge in [0.2, 0.25) is 5.89 Å². The quantitative estimate of drug-likeness (QED) is 0.162.